The van der Waals surface area contributed by atoms with Gasteiger partial charge >= 0.3 is 0 Å². The summed E-state index contributed by atoms with van der Waals surface area (Å²) in [5.74, 6) is 1.86. The minimum atomic E-state index is 0.706. The second kappa shape index (κ2) is 11.9. The molecule has 0 aliphatic carbocycles. The van der Waals surface area contributed by atoms with E-state index in [4.69, 9.17) is 9.47 Å². The Kier molecular flexibility index (Phi) is 7.94. The maximum absolute atomic E-state index is 6.30. The van der Waals surface area contributed by atoms with Crippen LogP contribution in [0.2, 0.25) is 0 Å². The zero-order valence-electron chi connectivity index (χ0n) is 22.3. The molecule has 39 heavy (non-hydrogen) atoms. The number of benzene rings is 2. The lowest BCUT2D eigenvalue weighted by Gasteiger charge is -2.37. The van der Waals surface area contributed by atoms with Crippen molar-refractivity contribution in [2.24, 2.45) is 0 Å². The normalized spacial score (nSPS) is 16.7. The van der Waals surface area contributed by atoms with Crippen LogP contribution >= 0.6 is 15.9 Å². The van der Waals surface area contributed by atoms with Crippen molar-refractivity contribution in [2.75, 3.05) is 75.4 Å². The Morgan fingerprint density at radius 1 is 0.974 bits per heavy atom. The van der Waals surface area contributed by atoms with Crippen LogP contribution in [0.15, 0.2) is 53.4 Å². The summed E-state index contributed by atoms with van der Waals surface area (Å²) >= 11 is 3.54. The Balaban J connectivity index is 1.13. The molecule has 2 aliphatic rings. The Morgan fingerprint density at radius 2 is 1.77 bits per heavy atom. The maximum Gasteiger partial charge on any atom is 0.161 e. The highest BCUT2D eigenvalue weighted by Crippen LogP contribution is 2.35. The molecule has 0 unspecified atom stereocenters. The Labute approximate surface area is 237 Å². The van der Waals surface area contributed by atoms with Gasteiger partial charge < -0.3 is 19.3 Å². The van der Waals surface area contributed by atoms with Crippen LogP contribution in [0.3, 0.4) is 0 Å². The van der Waals surface area contributed by atoms with Crippen molar-refractivity contribution in [3.05, 3.63) is 59.0 Å². The van der Waals surface area contributed by atoms with Crippen LogP contribution in [0.25, 0.3) is 22.2 Å². The number of morpholine rings is 1. The molecule has 4 heterocycles. The van der Waals surface area contributed by atoms with Crippen molar-refractivity contribution < 1.29 is 9.47 Å². The van der Waals surface area contributed by atoms with Crippen LogP contribution in [0.4, 0.5) is 11.5 Å². The zero-order valence-corrected chi connectivity index (χ0v) is 23.9. The number of aryl methyl sites for hydroxylation is 1. The SMILES string of the molecule is Cc1ccc(-c2ccccc2OCCCN2CCOCC2)cc1N1CCN(c2ncnc3[nH]nc(Br)c23)CC1. The number of aromatic nitrogens is 4. The van der Waals surface area contributed by atoms with Crippen LogP contribution in [0.5, 0.6) is 5.75 Å². The van der Waals surface area contributed by atoms with Crippen molar-refractivity contribution in [1.82, 2.24) is 25.1 Å². The van der Waals surface area contributed by atoms with Gasteiger partial charge in [-0.2, -0.15) is 5.10 Å². The van der Waals surface area contributed by atoms with E-state index in [0.717, 1.165) is 98.2 Å². The minimum Gasteiger partial charge on any atom is -0.493 e. The molecule has 2 aliphatic heterocycles. The molecule has 2 aromatic carbocycles. The first kappa shape index (κ1) is 26.0. The predicted molar refractivity (Wildman–Crippen MR) is 158 cm³/mol. The standard InChI is InChI=1S/C29H34BrN7O2/c1-21-7-8-22(23-5-2-3-6-25(23)39-16-4-9-35-14-17-38-18-15-35)19-24(21)36-10-12-37(13-11-36)29-26-27(30)33-34-28(26)31-20-32-29/h2-3,5-8,19-20H,4,9-18H2,1H3,(H,31,32,33,34). The number of anilines is 2. The fourth-order valence-electron chi connectivity index (χ4n) is 5.45. The van der Waals surface area contributed by atoms with Crippen LogP contribution in [-0.2, 0) is 4.74 Å². The summed E-state index contributed by atoms with van der Waals surface area (Å²) < 4.78 is 12.5. The van der Waals surface area contributed by atoms with Gasteiger partial charge in [0.1, 0.15) is 22.5 Å². The van der Waals surface area contributed by atoms with Crippen LogP contribution in [-0.4, -0.2) is 90.7 Å². The highest BCUT2D eigenvalue weighted by Gasteiger charge is 2.23. The number of hydrogen-bond acceptors (Lipinski definition) is 8. The molecule has 0 saturated carbocycles. The average Bonchev–Trinajstić information content (AvgIpc) is 3.37. The lowest BCUT2D eigenvalue weighted by molar-refractivity contribution is 0.0358. The number of H-pyrrole nitrogens is 1. The lowest BCUT2D eigenvalue weighted by Crippen LogP contribution is -2.47. The van der Waals surface area contributed by atoms with E-state index in [9.17, 15) is 0 Å². The second-order valence-electron chi connectivity index (χ2n) is 10.1. The summed E-state index contributed by atoms with van der Waals surface area (Å²) in [6, 6.07) is 15.1. The molecule has 0 atom stereocenters. The van der Waals surface area contributed by atoms with Gasteiger partial charge in [-0.1, -0.05) is 30.3 Å². The molecule has 4 aromatic rings. The molecule has 204 valence electrons. The number of rotatable bonds is 8. The van der Waals surface area contributed by atoms with E-state index in [1.807, 2.05) is 0 Å². The number of halogens is 1. The highest BCUT2D eigenvalue weighted by molar-refractivity contribution is 9.10. The molecule has 1 N–H and O–H groups in total. The topological polar surface area (TPSA) is 82.6 Å². The largest absolute Gasteiger partial charge is 0.493 e. The van der Waals surface area contributed by atoms with Gasteiger partial charge in [-0.05, 0) is 52.5 Å². The summed E-state index contributed by atoms with van der Waals surface area (Å²) in [7, 11) is 0. The third-order valence-corrected chi connectivity index (χ3v) is 8.17. The summed E-state index contributed by atoms with van der Waals surface area (Å²) in [4.78, 5) is 16.1. The average molecular weight is 593 g/mol. The number of fused-ring (bicyclic) bond motifs is 1. The molecule has 2 fully saturated rings. The van der Waals surface area contributed by atoms with Gasteiger partial charge in [-0.3, -0.25) is 10.00 Å². The van der Waals surface area contributed by atoms with Crippen LogP contribution in [0, 0.1) is 6.92 Å². The summed E-state index contributed by atoms with van der Waals surface area (Å²) in [6.07, 6.45) is 2.61. The minimum absolute atomic E-state index is 0.706. The van der Waals surface area contributed by atoms with E-state index in [2.05, 4.69) is 100 Å². The molecule has 0 amide bonds. The Hall–Kier alpha value is -3.21. The van der Waals surface area contributed by atoms with Gasteiger partial charge in [0.05, 0.1) is 25.2 Å². The summed E-state index contributed by atoms with van der Waals surface area (Å²) in [5.41, 5.74) is 5.61. The van der Waals surface area contributed by atoms with E-state index in [-0.39, 0.29) is 0 Å². The van der Waals surface area contributed by atoms with E-state index >= 15 is 0 Å². The number of nitrogens with one attached hydrogen (secondary N) is 1. The lowest BCUT2D eigenvalue weighted by atomic mass is 10.0. The molecule has 2 saturated heterocycles. The molecular formula is C29H34BrN7O2. The van der Waals surface area contributed by atoms with Gasteiger partial charge in [0.15, 0.2) is 5.65 Å². The monoisotopic (exact) mass is 591 g/mol. The van der Waals surface area contributed by atoms with Gasteiger partial charge in [-0.25, -0.2) is 9.97 Å². The van der Waals surface area contributed by atoms with E-state index in [1.54, 1.807) is 6.33 Å². The van der Waals surface area contributed by atoms with Crippen molar-refractivity contribution >= 4 is 38.5 Å². The van der Waals surface area contributed by atoms with E-state index in [1.165, 1.54) is 16.8 Å². The quantitative estimate of drug-likeness (QED) is 0.299. The van der Waals surface area contributed by atoms with Crippen molar-refractivity contribution in [3.8, 4) is 16.9 Å². The van der Waals surface area contributed by atoms with Gasteiger partial charge in [0.2, 0.25) is 0 Å². The third-order valence-electron chi connectivity index (χ3n) is 7.60. The number of para-hydroxylation sites is 1. The van der Waals surface area contributed by atoms with E-state index in [0.29, 0.717) is 6.61 Å². The van der Waals surface area contributed by atoms with Crippen LogP contribution < -0.4 is 14.5 Å². The molecule has 6 rings (SSSR count). The zero-order chi connectivity index (χ0) is 26.6. The molecule has 9 nitrogen and oxygen atoms in total. The summed E-state index contributed by atoms with van der Waals surface area (Å²) in [5, 5.41) is 8.15. The van der Waals surface area contributed by atoms with Crippen molar-refractivity contribution in [2.45, 2.75) is 13.3 Å². The number of aromatic amines is 1. The van der Waals surface area contributed by atoms with E-state index < -0.39 is 0 Å². The number of hydrogen-bond donors (Lipinski definition) is 1. The molecule has 0 spiro atoms. The maximum atomic E-state index is 6.30. The first-order chi connectivity index (χ1) is 19.2. The number of nitrogens with zero attached hydrogens (tertiary/aromatic N) is 6. The number of ether oxygens (including phenoxy) is 2. The van der Waals surface area contributed by atoms with Gasteiger partial charge in [0, 0.05) is 57.1 Å². The van der Waals surface area contributed by atoms with Gasteiger partial charge in [-0.15, -0.1) is 0 Å². The Bertz CT molecular complexity index is 1410. The molecule has 0 radical (unpaired) electrons. The number of piperazine rings is 1. The predicted octanol–water partition coefficient (Wildman–Crippen LogP) is 4.52. The molecule has 2 aromatic heterocycles. The Morgan fingerprint density at radius 3 is 2.62 bits per heavy atom. The fourth-order valence-corrected chi connectivity index (χ4v) is 5.91. The van der Waals surface area contributed by atoms with Crippen molar-refractivity contribution in [3.63, 3.8) is 0 Å². The first-order valence-electron chi connectivity index (χ1n) is 13.6. The summed E-state index contributed by atoms with van der Waals surface area (Å²) in [6.45, 7) is 11.2. The first-order valence-corrected chi connectivity index (χ1v) is 14.4. The second-order valence-corrected chi connectivity index (χ2v) is 10.8. The molecule has 0 bridgehead atoms. The molecular weight excluding hydrogens is 558 g/mol. The highest BCUT2D eigenvalue weighted by atomic mass is 79.9. The van der Waals surface area contributed by atoms with Gasteiger partial charge in [0.25, 0.3) is 0 Å². The smallest absolute Gasteiger partial charge is 0.161 e. The fraction of sp³-hybridized carbons (Fsp3) is 0.414. The molecule has 10 heteroatoms. The third kappa shape index (κ3) is 5.73. The van der Waals surface area contributed by atoms with Crippen molar-refractivity contribution in [1.29, 1.82) is 0 Å². The van der Waals surface area contributed by atoms with Crippen LogP contribution in [0.1, 0.15) is 12.0 Å².